The van der Waals surface area contributed by atoms with Gasteiger partial charge in [-0.2, -0.15) is 5.10 Å². The second-order valence-electron chi connectivity index (χ2n) is 4.02. The molecule has 0 aliphatic rings. The van der Waals surface area contributed by atoms with Crippen LogP contribution in [-0.4, -0.2) is 33.0 Å². The highest BCUT2D eigenvalue weighted by molar-refractivity contribution is 7.10. The molecule has 0 bridgehead atoms. The molecule has 0 saturated heterocycles. The van der Waals surface area contributed by atoms with Gasteiger partial charge in [-0.3, -0.25) is 9.89 Å². The van der Waals surface area contributed by atoms with Gasteiger partial charge in [0.1, 0.15) is 11.9 Å². The first-order valence-corrected chi connectivity index (χ1v) is 6.37. The maximum Gasteiger partial charge on any atom is 0.245 e. The van der Waals surface area contributed by atoms with E-state index < -0.39 is 6.04 Å². The second kappa shape index (κ2) is 5.28. The number of hydrogen-bond donors (Lipinski definition) is 2. The summed E-state index contributed by atoms with van der Waals surface area (Å²) in [4.78, 5) is 18.6. The summed E-state index contributed by atoms with van der Waals surface area (Å²) in [6.45, 7) is 2.16. The topological polar surface area (TPSA) is 87.9 Å². The molecule has 0 aliphatic carbocycles. The minimum atomic E-state index is -0.616. The van der Waals surface area contributed by atoms with Crippen molar-refractivity contribution in [2.45, 2.75) is 19.5 Å². The van der Waals surface area contributed by atoms with E-state index in [0.717, 1.165) is 10.7 Å². The van der Waals surface area contributed by atoms with E-state index in [1.54, 1.807) is 7.05 Å². The molecule has 0 aromatic carbocycles. The Kier molecular flexibility index (Phi) is 3.73. The first kappa shape index (κ1) is 12.7. The molecular weight excluding hydrogens is 250 g/mol. The molecule has 0 aliphatic heterocycles. The van der Waals surface area contributed by atoms with E-state index >= 15 is 0 Å². The molecule has 7 heteroatoms. The van der Waals surface area contributed by atoms with Crippen molar-refractivity contribution in [1.82, 2.24) is 20.1 Å². The Morgan fingerprint density at radius 1 is 1.67 bits per heavy atom. The zero-order chi connectivity index (χ0) is 13.1. The summed E-state index contributed by atoms with van der Waals surface area (Å²) in [6.07, 6.45) is 0. The summed E-state index contributed by atoms with van der Waals surface area (Å²) in [7, 11) is 1.70. The van der Waals surface area contributed by atoms with Crippen molar-refractivity contribution in [1.29, 1.82) is 0 Å². The van der Waals surface area contributed by atoms with E-state index in [9.17, 15) is 4.79 Å². The predicted molar refractivity (Wildman–Crippen MR) is 68.8 cm³/mol. The fraction of sp³-hybridized carbons (Fsp3) is 0.364. The Balaban J connectivity index is 2.00. The van der Waals surface area contributed by atoms with Crippen LogP contribution in [0.3, 0.4) is 0 Å². The fourth-order valence-corrected chi connectivity index (χ4v) is 2.30. The van der Waals surface area contributed by atoms with Crippen molar-refractivity contribution in [2.75, 3.05) is 7.05 Å². The van der Waals surface area contributed by atoms with Gasteiger partial charge in [-0.05, 0) is 18.4 Å². The fourth-order valence-electron chi connectivity index (χ4n) is 1.58. The number of thiophene rings is 1. The van der Waals surface area contributed by atoms with Crippen molar-refractivity contribution in [3.05, 3.63) is 34.0 Å². The SMILES string of the molecule is Cc1nc(CN(C)C(=O)C(N)c2cccs2)n[nH]1. The van der Waals surface area contributed by atoms with Crippen LogP contribution in [0.5, 0.6) is 0 Å². The minimum absolute atomic E-state index is 0.139. The number of nitrogens with one attached hydrogen (secondary N) is 1. The average Bonchev–Trinajstić information content (AvgIpc) is 2.98. The van der Waals surface area contributed by atoms with Crippen LogP contribution in [0.25, 0.3) is 0 Å². The number of nitrogens with zero attached hydrogens (tertiary/aromatic N) is 3. The number of aromatic amines is 1. The molecule has 1 atom stereocenters. The lowest BCUT2D eigenvalue weighted by molar-refractivity contribution is -0.132. The molecule has 6 nitrogen and oxygen atoms in total. The molecule has 2 aromatic heterocycles. The molecule has 0 fully saturated rings. The summed E-state index contributed by atoms with van der Waals surface area (Å²) < 4.78 is 0. The third kappa shape index (κ3) is 2.74. The highest BCUT2D eigenvalue weighted by atomic mass is 32.1. The summed E-state index contributed by atoms with van der Waals surface area (Å²) in [5.74, 6) is 1.18. The third-order valence-electron chi connectivity index (χ3n) is 2.51. The summed E-state index contributed by atoms with van der Waals surface area (Å²) in [5.41, 5.74) is 5.91. The Bertz CT molecular complexity index is 521. The Labute approximate surface area is 109 Å². The number of rotatable bonds is 4. The normalized spacial score (nSPS) is 12.4. The molecule has 3 N–H and O–H groups in total. The van der Waals surface area contributed by atoms with Crippen LogP contribution in [-0.2, 0) is 11.3 Å². The van der Waals surface area contributed by atoms with Crippen LogP contribution < -0.4 is 5.73 Å². The Morgan fingerprint density at radius 3 is 3.00 bits per heavy atom. The lowest BCUT2D eigenvalue weighted by atomic mass is 10.2. The van der Waals surface area contributed by atoms with Crippen LogP contribution in [0.2, 0.25) is 0 Å². The highest BCUT2D eigenvalue weighted by Gasteiger charge is 2.21. The molecule has 96 valence electrons. The number of hydrogen-bond acceptors (Lipinski definition) is 5. The van der Waals surface area contributed by atoms with Crippen LogP contribution in [0.15, 0.2) is 17.5 Å². The number of carbonyl (C=O) groups is 1. The molecule has 2 aromatic rings. The molecule has 0 saturated carbocycles. The van der Waals surface area contributed by atoms with Crippen molar-refractivity contribution in [3.8, 4) is 0 Å². The van der Waals surface area contributed by atoms with Crippen molar-refractivity contribution in [2.24, 2.45) is 5.73 Å². The van der Waals surface area contributed by atoms with Gasteiger partial charge < -0.3 is 10.6 Å². The van der Waals surface area contributed by atoms with E-state index in [4.69, 9.17) is 5.73 Å². The van der Waals surface area contributed by atoms with Gasteiger partial charge in [0, 0.05) is 11.9 Å². The van der Waals surface area contributed by atoms with Gasteiger partial charge in [0.2, 0.25) is 5.91 Å². The summed E-state index contributed by atoms with van der Waals surface area (Å²) in [6, 6.07) is 3.12. The largest absolute Gasteiger partial charge is 0.336 e. The number of nitrogens with two attached hydrogens (primary N) is 1. The van der Waals surface area contributed by atoms with Gasteiger partial charge in [-0.15, -0.1) is 11.3 Å². The molecule has 2 rings (SSSR count). The van der Waals surface area contributed by atoms with Crippen molar-refractivity contribution < 1.29 is 4.79 Å². The van der Waals surface area contributed by atoms with Crippen LogP contribution in [0.4, 0.5) is 0 Å². The van der Waals surface area contributed by atoms with Crippen LogP contribution >= 0.6 is 11.3 Å². The van der Waals surface area contributed by atoms with Gasteiger partial charge in [0.15, 0.2) is 5.82 Å². The van der Waals surface area contributed by atoms with Gasteiger partial charge in [-0.25, -0.2) is 4.98 Å². The van der Waals surface area contributed by atoms with Crippen molar-refractivity contribution in [3.63, 3.8) is 0 Å². The number of aromatic nitrogens is 3. The molecule has 0 radical (unpaired) electrons. The van der Waals surface area contributed by atoms with E-state index in [1.807, 2.05) is 24.4 Å². The second-order valence-corrected chi connectivity index (χ2v) is 5.00. The number of H-pyrrole nitrogens is 1. The molecule has 0 spiro atoms. The quantitative estimate of drug-likeness (QED) is 0.857. The zero-order valence-corrected chi connectivity index (χ0v) is 11.1. The average molecular weight is 265 g/mol. The van der Waals surface area contributed by atoms with Crippen LogP contribution in [0.1, 0.15) is 22.6 Å². The number of aryl methyl sites for hydroxylation is 1. The molecule has 1 unspecified atom stereocenters. The van der Waals surface area contributed by atoms with Gasteiger partial charge >= 0.3 is 0 Å². The maximum atomic E-state index is 12.1. The Hall–Kier alpha value is -1.73. The van der Waals surface area contributed by atoms with Gasteiger partial charge in [0.25, 0.3) is 0 Å². The van der Waals surface area contributed by atoms with Gasteiger partial charge in [-0.1, -0.05) is 6.07 Å². The first-order chi connectivity index (χ1) is 8.58. The molecular formula is C11H15N5OS. The molecule has 2 heterocycles. The monoisotopic (exact) mass is 265 g/mol. The lowest BCUT2D eigenvalue weighted by Crippen LogP contribution is -2.35. The summed E-state index contributed by atoms with van der Waals surface area (Å²) >= 11 is 1.48. The van der Waals surface area contributed by atoms with E-state index in [1.165, 1.54) is 16.2 Å². The molecule has 18 heavy (non-hydrogen) atoms. The summed E-state index contributed by atoms with van der Waals surface area (Å²) in [5, 5.41) is 8.64. The van der Waals surface area contributed by atoms with E-state index in [0.29, 0.717) is 12.4 Å². The minimum Gasteiger partial charge on any atom is -0.336 e. The first-order valence-electron chi connectivity index (χ1n) is 5.50. The van der Waals surface area contributed by atoms with Crippen molar-refractivity contribution >= 4 is 17.2 Å². The standard InChI is InChI=1S/C11H15N5OS/c1-7-13-9(15-14-7)6-16(2)11(17)10(12)8-4-3-5-18-8/h3-5,10H,6,12H2,1-2H3,(H,13,14,15). The lowest BCUT2D eigenvalue weighted by Gasteiger charge is -2.19. The van der Waals surface area contributed by atoms with Crippen LogP contribution in [0, 0.1) is 6.92 Å². The highest BCUT2D eigenvalue weighted by Crippen LogP contribution is 2.18. The molecule has 1 amide bonds. The number of likely N-dealkylation sites (N-methyl/N-ethyl adjacent to an activating group) is 1. The van der Waals surface area contributed by atoms with E-state index in [-0.39, 0.29) is 5.91 Å². The number of amides is 1. The third-order valence-corrected chi connectivity index (χ3v) is 3.47. The number of carbonyl (C=O) groups excluding carboxylic acids is 1. The zero-order valence-electron chi connectivity index (χ0n) is 10.3. The van der Waals surface area contributed by atoms with Gasteiger partial charge in [0.05, 0.1) is 6.54 Å². The smallest absolute Gasteiger partial charge is 0.245 e. The predicted octanol–water partition coefficient (Wildman–Crippen LogP) is 0.833. The van der Waals surface area contributed by atoms with E-state index in [2.05, 4.69) is 15.2 Å². The Morgan fingerprint density at radius 2 is 2.44 bits per heavy atom. The maximum absolute atomic E-state index is 12.1.